The van der Waals surface area contributed by atoms with Crippen LogP contribution in [0.15, 0.2) is 30.3 Å². The van der Waals surface area contributed by atoms with E-state index in [-0.39, 0.29) is 0 Å². The number of aryl methyl sites for hydroxylation is 3. The average molecular weight is 365 g/mol. The third-order valence-corrected chi connectivity index (χ3v) is 4.55. The van der Waals surface area contributed by atoms with Crippen molar-refractivity contribution in [3.8, 4) is 23.1 Å². The molecule has 0 aliphatic rings. The number of benzene rings is 1. The Morgan fingerprint density at radius 1 is 1.33 bits per heavy atom. The molecule has 0 atom stereocenters. The lowest BCUT2D eigenvalue weighted by molar-refractivity contribution is -0.636. The fraction of sp³-hybridized carbons (Fsp3) is 0.300. The van der Waals surface area contributed by atoms with E-state index in [0.717, 1.165) is 22.3 Å². The zero-order chi connectivity index (χ0) is 19.6. The van der Waals surface area contributed by atoms with Crippen LogP contribution in [0, 0.1) is 18.3 Å². The lowest BCUT2D eigenvalue weighted by Crippen LogP contribution is -2.35. The van der Waals surface area contributed by atoms with Gasteiger partial charge in [-0.25, -0.2) is 9.36 Å². The first-order valence-corrected chi connectivity index (χ1v) is 8.52. The molecule has 2 heterocycles. The summed E-state index contributed by atoms with van der Waals surface area (Å²) < 4.78 is 14.2. The van der Waals surface area contributed by atoms with E-state index in [9.17, 15) is 4.79 Å². The lowest BCUT2D eigenvalue weighted by atomic mass is 10.0. The standard InChI is InChI=1S/C20H21N4O3/c1-13-18-15(20(25)27-4)12-16(14-8-5-6-9-17(14)26-3)23(2)19(18)24(22-13)11-7-10-21/h5-6,8-9,12H,7,11H2,1-4H3/q+1. The van der Waals surface area contributed by atoms with Gasteiger partial charge in [0.1, 0.15) is 23.4 Å². The monoisotopic (exact) mass is 365 g/mol. The van der Waals surface area contributed by atoms with Crippen LogP contribution in [0.25, 0.3) is 22.3 Å². The number of para-hydroxylation sites is 1. The van der Waals surface area contributed by atoms with E-state index in [4.69, 9.17) is 14.7 Å². The molecule has 0 fully saturated rings. The van der Waals surface area contributed by atoms with Gasteiger partial charge in [-0.2, -0.15) is 5.26 Å². The van der Waals surface area contributed by atoms with Crippen LogP contribution in [0.1, 0.15) is 22.5 Å². The van der Waals surface area contributed by atoms with E-state index in [1.165, 1.54) is 7.11 Å². The highest BCUT2D eigenvalue weighted by atomic mass is 16.5. The van der Waals surface area contributed by atoms with Gasteiger partial charge in [0.05, 0.1) is 50.6 Å². The van der Waals surface area contributed by atoms with Crippen LogP contribution < -0.4 is 9.30 Å². The quantitative estimate of drug-likeness (QED) is 0.513. The molecular weight excluding hydrogens is 344 g/mol. The predicted octanol–water partition coefficient (Wildman–Crippen LogP) is 2.55. The number of fused-ring (bicyclic) bond motifs is 1. The molecule has 0 spiro atoms. The van der Waals surface area contributed by atoms with Gasteiger partial charge in [0, 0.05) is 6.07 Å². The fourth-order valence-corrected chi connectivity index (χ4v) is 3.34. The molecular formula is C20H21N4O3+. The molecule has 0 unspecified atom stereocenters. The van der Waals surface area contributed by atoms with E-state index in [2.05, 4.69) is 11.2 Å². The molecule has 0 amide bonds. The van der Waals surface area contributed by atoms with Crippen molar-refractivity contribution >= 4 is 17.0 Å². The number of carbonyl (C=O) groups is 1. The second kappa shape index (κ2) is 7.46. The van der Waals surface area contributed by atoms with Gasteiger partial charge in [-0.1, -0.05) is 17.2 Å². The highest BCUT2D eigenvalue weighted by molar-refractivity contribution is 6.03. The number of hydrogen-bond donors (Lipinski definition) is 0. The molecule has 3 aromatic rings. The minimum Gasteiger partial charge on any atom is -0.496 e. The second-order valence-electron chi connectivity index (χ2n) is 6.11. The Labute approximate surface area is 157 Å². The fourth-order valence-electron chi connectivity index (χ4n) is 3.34. The minimum atomic E-state index is -0.431. The molecule has 0 bridgehead atoms. The molecule has 0 aliphatic heterocycles. The topological polar surface area (TPSA) is 81.0 Å². The largest absolute Gasteiger partial charge is 0.496 e. The molecule has 0 saturated heterocycles. The van der Waals surface area contributed by atoms with E-state index < -0.39 is 5.97 Å². The van der Waals surface area contributed by atoms with Crippen molar-refractivity contribution in [3.63, 3.8) is 0 Å². The predicted molar refractivity (Wildman–Crippen MR) is 99.2 cm³/mol. The molecule has 7 heteroatoms. The molecule has 0 N–H and O–H groups in total. The molecule has 0 aliphatic carbocycles. The lowest BCUT2D eigenvalue weighted by Gasteiger charge is -2.12. The first kappa shape index (κ1) is 18.4. The number of pyridine rings is 1. The van der Waals surface area contributed by atoms with Gasteiger partial charge in [0.2, 0.25) is 0 Å². The number of rotatable bonds is 5. The smallest absolute Gasteiger partial charge is 0.339 e. The molecule has 2 aromatic heterocycles. The molecule has 27 heavy (non-hydrogen) atoms. The number of nitrogens with zero attached hydrogens (tertiary/aromatic N) is 4. The Balaban J connectivity index is 2.40. The van der Waals surface area contributed by atoms with Crippen LogP contribution in [-0.2, 0) is 18.3 Å². The summed E-state index contributed by atoms with van der Waals surface area (Å²) in [6.07, 6.45) is 0.322. The van der Waals surface area contributed by atoms with E-state index in [0.29, 0.717) is 30.0 Å². The van der Waals surface area contributed by atoms with Crippen molar-refractivity contribution in [2.24, 2.45) is 7.05 Å². The third-order valence-electron chi connectivity index (χ3n) is 4.55. The molecule has 1 aromatic carbocycles. The summed E-state index contributed by atoms with van der Waals surface area (Å²) >= 11 is 0. The second-order valence-corrected chi connectivity index (χ2v) is 6.11. The van der Waals surface area contributed by atoms with Crippen molar-refractivity contribution in [1.29, 1.82) is 5.26 Å². The third kappa shape index (κ3) is 3.10. The number of carbonyl (C=O) groups excluding carboxylic acids is 1. The Morgan fingerprint density at radius 2 is 2.07 bits per heavy atom. The first-order valence-electron chi connectivity index (χ1n) is 8.52. The summed E-state index contributed by atoms with van der Waals surface area (Å²) in [6.45, 7) is 2.28. The molecule has 0 radical (unpaired) electrons. The van der Waals surface area contributed by atoms with Crippen LogP contribution >= 0.6 is 0 Å². The van der Waals surface area contributed by atoms with Crippen molar-refractivity contribution < 1.29 is 18.8 Å². The molecule has 3 rings (SSSR count). The van der Waals surface area contributed by atoms with Crippen LogP contribution in [0.4, 0.5) is 0 Å². The number of nitriles is 1. The van der Waals surface area contributed by atoms with Crippen molar-refractivity contribution in [2.45, 2.75) is 19.9 Å². The summed E-state index contributed by atoms with van der Waals surface area (Å²) in [6, 6.07) is 11.6. The maximum absolute atomic E-state index is 12.5. The van der Waals surface area contributed by atoms with Gasteiger partial charge in [0.15, 0.2) is 0 Å². The SMILES string of the molecule is COC(=O)c1cc(-c2ccccc2OC)[n+](C)c2c1c(C)nn2CCC#N. The number of methoxy groups -OCH3 is 2. The zero-order valence-corrected chi connectivity index (χ0v) is 15.8. The van der Waals surface area contributed by atoms with Crippen LogP contribution in [0.3, 0.4) is 0 Å². The van der Waals surface area contributed by atoms with Gasteiger partial charge in [-0.3, -0.25) is 0 Å². The minimum absolute atomic E-state index is 0.322. The Morgan fingerprint density at radius 3 is 2.74 bits per heavy atom. The number of esters is 1. The van der Waals surface area contributed by atoms with Gasteiger partial charge in [0.25, 0.3) is 0 Å². The number of aromatic nitrogens is 3. The first-order chi connectivity index (χ1) is 13.0. The summed E-state index contributed by atoms with van der Waals surface area (Å²) in [5.41, 5.74) is 3.54. The van der Waals surface area contributed by atoms with Crippen molar-refractivity contribution in [3.05, 3.63) is 41.6 Å². The number of hydrogen-bond acceptors (Lipinski definition) is 5. The summed E-state index contributed by atoms with van der Waals surface area (Å²) in [5.74, 6) is 0.266. The average Bonchev–Trinajstić information content (AvgIpc) is 3.03. The van der Waals surface area contributed by atoms with Crippen molar-refractivity contribution in [2.75, 3.05) is 14.2 Å². The van der Waals surface area contributed by atoms with Crippen LogP contribution in [0.2, 0.25) is 0 Å². The van der Waals surface area contributed by atoms with Gasteiger partial charge in [-0.15, -0.1) is 4.68 Å². The van der Waals surface area contributed by atoms with Crippen LogP contribution in [0.5, 0.6) is 5.75 Å². The highest BCUT2D eigenvalue weighted by Crippen LogP contribution is 2.31. The molecule has 7 nitrogen and oxygen atoms in total. The Hall–Kier alpha value is -3.40. The number of ether oxygens (including phenoxy) is 2. The Kier molecular flexibility index (Phi) is 5.08. The van der Waals surface area contributed by atoms with E-state index in [1.54, 1.807) is 17.9 Å². The molecule has 0 saturated carbocycles. The Bertz CT molecular complexity index is 1060. The van der Waals surface area contributed by atoms with E-state index >= 15 is 0 Å². The maximum atomic E-state index is 12.5. The maximum Gasteiger partial charge on any atom is 0.339 e. The summed E-state index contributed by atoms with van der Waals surface area (Å²) in [7, 11) is 4.88. The zero-order valence-electron chi connectivity index (χ0n) is 15.8. The van der Waals surface area contributed by atoms with Gasteiger partial charge >= 0.3 is 11.6 Å². The highest BCUT2D eigenvalue weighted by Gasteiger charge is 2.28. The van der Waals surface area contributed by atoms with Gasteiger partial charge < -0.3 is 9.47 Å². The van der Waals surface area contributed by atoms with Crippen LogP contribution in [-0.4, -0.2) is 30.0 Å². The van der Waals surface area contributed by atoms with Crippen molar-refractivity contribution in [1.82, 2.24) is 9.78 Å². The summed E-state index contributed by atoms with van der Waals surface area (Å²) in [4.78, 5) is 12.5. The van der Waals surface area contributed by atoms with Gasteiger partial charge in [-0.05, 0) is 19.1 Å². The summed E-state index contributed by atoms with van der Waals surface area (Å²) in [5, 5.41) is 14.2. The molecule has 138 valence electrons. The normalized spacial score (nSPS) is 10.6. The van der Waals surface area contributed by atoms with E-state index in [1.807, 2.05) is 42.8 Å².